The van der Waals surface area contributed by atoms with Crippen molar-refractivity contribution < 1.29 is 19.4 Å². The first kappa shape index (κ1) is 22.1. The van der Waals surface area contributed by atoms with Crippen molar-refractivity contribution in [2.75, 3.05) is 13.2 Å². The number of ether oxygens (including phenoxy) is 2. The van der Waals surface area contributed by atoms with Crippen molar-refractivity contribution in [2.24, 2.45) is 0 Å². The highest BCUT2D eigenvalue weighted by Crippen LogP contribution is 2.44. The van der Waals surface area contributed by atoms with Crippen LogP contribution in [0, 0.1) is 0 Å². The summed E-state index contributed by atoms with van der Waals surface area (Å²) in [5, 5.41) is 9.31. The number of aliphatic hydroxyl groups is 1. The van der Waals surface area contributed by atoms with E-state index < -0.39 is 6.23 Å². The highest BCUT2D eigenvalue weighted by molar-refractivity contribution is 6.32. The number of pyridine rings is 1. The van der Waals surface area contributed by atoms with Crippen molar-refractivity contribution >= 4 is 17.4 Å². The van der Waals surface area contributed by atoms with Crippen LogP contribution in [0.1, 0.15) is 48.3 Å². The molecule has 2 aromatic carbocycles. The number of hydrogen-bond donors (Lipinski definition) is 1. The first-order valence-electron chi connectivity index (χ1n) is 10.6. The molecule has 0 amide bonds. The highest BCUT2D eigenvalue weighted by atomic mass is 35.5. The summed E-state index contributed by atoms with van der Waals surface area (Å²) < 4.78 is 14.0. The Balaban J connectivity index is 1.77. The lowest BCUT2D eigenvalue weighted by molar-refractivity contribution is 0.101. The van der Waals surface area contributed by atoms with Gasteiger partial charge >= 0.3 is 0 Å². The summed E-state index contributed by atoms with van der Waals surface area (Å²) in [6, 6.07) is 14.5. The van der Waals surface area contributed by atoms with Gasteiger partial charge in [-0.05, 0) is 32.3 Å². The molecule has 1 atom stereocenters. The monoisotopic (exact) mass is 453 g/mol. The van der Waals surface area contributed by atoms with E-state index in [1.54, 1.807) is 22.9 Å². The van der Waals surface area contributed by atoms with Crippen LogP contribution in [0.3, 0.4) is 0 Å². The average Bonchev–Trinajstić information content (AvgIpc) is 2.79. The number of carbonyl (C=O) groups is 1. The van der Waals surface area contributed by atoms with Gasteiger partial charge in [-0.3, -0.25) is 9.59 Å². The molecule has 4 rings (SSSR count). The number of halogens is 1. The molecule has 32 heavy (non-hydrogen) atoms. The maximum Gasteiger partial charge on any atom is 0.202 e. The lowest BCUT2D eigenvalue weighted by Gasteiger charge is -2.32. The minimum atomic E-state index is -0.559. The maximum atomic E-state index is 12.6. The number of hydrogen-bond acceptors (Lipinski definition) is 5. The molecule has 6 nitrogen and oxygen atoms in total. The molecule has 1 unspecified atom stereocenters. The van der Waals surface area contributed by atoms with Gasteiger partial charge in [-0.15, -0.1) is 0 Å². The van der Waals surface area contributed by atoms with E-state index in [1.807, 2.05) is 30.3 Å². The van der Waals surface area contributed by atoms with E-state index in [4.69, 9.17) is 26.2 Å². The molecule has 0 fully saturated rings. The number of unbranched alkanes of at least 4 members (excludes halogenated alkanes) is 2. The van der Waals surface area contributed by atoms with Crippen molar-refractivity contribution in [2.45, 2.75) is 32.4 Å². The van der Waals surface area contributed by atoms with Crippen LogP contribution in [0.15, 0.2) is 59.5 Å². The molecule has 166 valence electrons. The quantitative estimate of drug-likeness (QED) is 0.389. The summed E-state index contributed by atoms with van der Waals surface area (Å²) in [7, 11) is 0. The summed E-state index contributed by atoms with van der Waals surface area (Å²) in [5.41, 5.74) is 1.91. The lowest BCUT2D eigenvalue weighted by atomic mass is 10.0. The van der Waals surface area contributed by atoms with E-state index in [2.05, 4.69) is 0 Å². The molecule has 0 aliphatic carbocycles. The first-order valence-corrected chi connectivity index (χ1v) is 10.9. The average molecular weight is 454 g/mol. The number of Topliss-reactive ketones (excluding diaryl/α,β-unsaturated/α-hetero) is 1. The largest absolute Gasteiger partial charge is 0.492 e. The van der Waals surface area contributed by atoms with Crippen LogP contribution in [0.25, 0.3) is 11.3 Å². The molecule has 0 saturated carbocycles. The van der Waals surface area contributed by atoms with Gasteiger partial charge in [-0.2, -0.15) is 0 Å². The third-order valence-electron chi connectivity index (χ3n) is 5.40. The smallest absolute Gasteiger partial charge is 0.202 e. The summed E-state index contributed by atoms with van der Waals surface area (Å²) in [6.45, 7) is 2.01. The number of benzene rings is 2. The van der Waals surface area contributed by atoms with Gasteiger partial charge in [0.05, 0.1) is 22.9 Å². The number of ketones is 1. The number of aromatic nitrogens is 1. The fourth-order valence-electron chi connectivity index (χ4n) is 3.76. The SMILES string of the molecule is CC(=O)c1cn2c(cc1=O)-c1cc(Cl)c(OCCCCCO)cc1OC2c1ccccc1. The number of carbonyl (C=O) groups excluding carboxylic acids is 1. The molecule has 2 heterocycles. The maximum absolute atomic E-state index is 12.6. The van der Waals surface area contributed by atoms with Crippen LogP contribution < -0.4 is 14.9 Å². The van der Waals surface area contributed by atoms with Crippen molar-refractivity contribution in [3.05, 3.63) is 81.1 Å². The topological polar surface area (TPSA) is 77.8 Å². The minimum Gasteiger partial charge on any atom is -0.492 e. The standard InChI is InChI=1S/C25H24ClNO5/c1-16(29)19-15-27-21(13-22(19)30)18-12-20(26)24(31-11-7-3-6-10-28)14-23(18)32-25(27)17-8-4-2-5-9-17/h2,4-5,8-9,12-15,25,28H,3,6-7,10-11H2,1H3. The molecule has 1 N–H and O–H groups in total. The summed E-state index contributed by atoms with van der Waals surface area (Å²) in [5.74, 6) is 0.742. The Hall–Kier alpha value is -3.09. The third kappa shape index (κ3) is 4.42. The fraction of sp³-hybridized carbons (Fsp3) is 0.280. The Kier molecular flexibility index (Phi) is 6.63. The van der Waals surface area contributed by atoms with Gasteiger partial charge in [0.1, 0.15) is 11.5 Å². The Labute approximate surface area is 191 Å². The number of fused-ring (bicyclic) bond motifs is 3. The van der Waals surface area contributed by atoms with Crippen LogP contribution >= 0.6 is 11.6 Å². The van der Waals surface area contributed by atoms with Gasteiger partial charge in [0.15, 0.2) is 11.2 Å². The number of nitrogens with zero attached hydrogens (tertiary/aromatic N) is 1. The Morgan fingerprint density at radius 3 is 2.66 bits per heavy atom. The molecular formula is C25H24ClNO5. The number of aliphatic hydroxyl groups excluding tert-OH is 1. The zero-order valence-corrected chi connectivity index (χ0v) is 18.5. The van der Waals surface area contributed by atoms with Crippen LogP contribution in [0.2, 0.25) is 5.02 Å². The molecule has 0 spiro atoms. The number of rotatable bonds is 8. The van der Waals surface area contributed by atoms with Crippen LogP contribution in [0.4, 0.5) is 0 Å². The first-order chi connectivity index (χ1) is 15.5. The van der Waals surface area contributed by atoms with Gasteiger partial charge in [-0.25, -0.2) is 0 Å². The normalized spacial score (nSPS) is 14.3. The van der Waals surface area contributed by atoms with Crippen LogP contribution in [0.5, 0.6) is 11.5 Å². The minimum absolute atomic E-state index is 0.107. The molecule has 0 bridgehead atoms. The highest BCUT2D eigenvalue weighted by Gasteiger charge is 2.29. The van der Waals surface area contributed by atoms with E-state index in [1.165, 1.54) is 13.0 Å². The van der Waals surface area contributed by atoms with E-state index >= 15 is 0 Å². The molecule has 0 saturated heterocycles. The second kappa shape index (κ2) is 9.59. The second-order valence-corrected chi connectivity index (χ2v) is 8.10. The molecule has 7 heteroatoms. The van der Waals surface area contributed by atoms with E-state index in [-0.39, 0.29) is 23.4 Å². The van der Waals surface area contributed by atoms with Crippen LogP contribution in [-0.4, -0.2) is 28.7 Å². The van der Waals surface area contributed by atoms with E-state index in [0.29, 0.717) is 34.4 Å². The third-order valence-corrected chi connectivity index (χ3v) is 5.70. The summed E-state index contributed by atoms with van der Waals surface area (Å²) in [4.78, 5) is 24.6. The van der Waals surface area contributed by atoms with Crippen molar-refractivity contribution in [1.29, 1.82) is 0 Å². The predicted octanol–water partition coefficient (Wildman–Crippen LogP) is 4.85. The Bertz CT molecular complexity index is 1190. The lowest BCUT2D eigenvalue weighted by Crippen LogP contribution is -2.27. The molecule has 1 aromatic heterocycles. The Morgan fingerprint density at radius 2 is 1.94 bits per heavy atom. The second-order valence-electron chi connectivity index (χ2n) is 7.69. The zero-order chi connectivity index (χ0) is 22.7. The van der Waals surface area contributed by atoms with Gasteiger partial charge in [0.25, 0.3) is 0 Å². The molecular weight excluding hydrogens is 430 g/mol. The van der Waals surface area contributed by atoms with Crippen molar-refractivity contribution in [3.63, 3.8) is 0 Å². The molecule has 1 aliphatic heterocycles. The van der Waals surface area contributed by atoms with Crippen LogP contribution in [-0.2, 0) is 0 Å². The van der Waals surface area contributed by atoms with Gasteiger partial charge in [0.2, 0.25) is 6.23 Å². The molecule has 3 aromatic rings. The van der Waals surface area contributed by atoms with Gasteiger partial charge in [0, 0.05) is 36.1 Å². The zero-order valence-electron chi connectivity index (χ0n) is 17.7. The Morgan fingerprint density at radius 1 is 1.16 bits per heavy atom. The van der Waals surface area contributed by atoms with Gasteiger partial charge < -0.3 is 19.1 Å². The summed E-state index contributed by atoms with van der Waals surface area (Å²) >= 11 is 6.48. The van der Waals surface area contributed by atoms with Crippen molar-refractivity contribution in [3.8, 4) is 22.8 Å². The molecule has 0 radical (unpaired) electrons. The van der Waals surface area contributed by atoms with E-state index in [9.17, 15) is 9.59 Å². The predicted molar refractivity (Wildman–Crippen MR) is 123 cm³/mol. The fourth-order valence-corrected chi connectivity index (χ4v) is 3.98. The van der Waals surface area contributed by atoms with Gasteiger partial charge in [-0.1, -0.05) is 41.9 Å². The summed E-state index contributed by atoms with van der Waals surface area (Å²) in [6.07, 6.45) is 3.39. The van der Waals surface area contributed by atoms with E-state index in [0.717, 1.165) is 24.8 Å². The van der Waals surface area contributed by atoms with Crippen molar-refractivity contribution in [1.82, 2.24) is 4.57 Å². The molecule has 1 aliphatic rings.